The average Bonchev–Trinajstić information content (AvgIpc) is 3.23. The first kappa shape index (κ1) is 22.5. The normalized spacial score (nSPS) is 23.6. The van der Waals surface area contributed by atoms with Gasteiger partial charge in [0, 0.05) is 56.8 Å². The van der Waals surface area contributed by atoms with Crippen LogP contribution in [0, 0.1) is 11.8 Å². The number of amides is 2. The molecule has 2 saturated heterocycles. The van der Waals surface area contributed by atoms with Gasteiger partial charge in [0.15, 0.2) is 11.5 Å². The second-order valence-electron chi connectivity index (χ2n) is 9.62. The lowest BCUT2D eigenvalue weighted by Crippen LogP contribution is -2.50. The Morgan fingerprint density at radius 3 is 2.62 bits per heavy atom. The van der Waals surface area contributed by atoms with Gasteiger partial charge in [-0.1, -0.05) is 12.1 Å². The van der Waals surface area contributed by atoms with Gasteiger partial charge in [-0.3, -0.25) is 14.4 Å². The van der Waals surface area contributed by atoms with Crippen LogP contribution in [0.3, 0.4) is 0 Å². The minimum Gasteiger partial charge on any atom is -0.493 e. The number of piperidine rings is 1. The van der Waals surface area contributed by atoms with Crippen LogP contribution < -0.4 is 15.0 Å². The fraction of sp³-hybridized carbons (Fsp3) is 0.500. The molecule has 2 amide bonds. The van der Waals surface area contributed by atoms with Crippen LogP contribution in [0.5, 0.6) is 11.5 Å². The molecule has 180 valence electrons. The van der Waals surface area contributed by atoms with Crippen molar-refractivity contribution in [1.29, 1.82) is 0 Å². The number of benzene rings is 1. The van der Waals surface area contributed by atoms with Crippen molar-refractivity contribution in [1.82, 2.24) is 14.4 Å². The molecule has 34 heavy (non-hydrogen) atoms. The van der Waals surface area contributed by atoms with Gasteiger partial charge in [-0.25, -0.2) is 0 Å². The van der Waals surface area contributed by atoms with Gasteiger partial charge >= 0.3 is 0 Å². The van der Waals surface area contributed by atoms with Gasteiger partial charge in [-0.2, -0.15) is 0 Å². The number of aromatic nitrogens is 1. The Balaban J connectivity index is 1.21. The lowest BCUT2D eigenvalue weighted by Gasteiger charge is -2.43. The van der Waals surface area contributed by atoms with Crippen LogP contribution in [-0.2, 0) is 22.6 Å². The maximum atomic E-state index is 13.4. The SMILES string of the molecule is COc1ccc(CCN2C[C@H](C(=O)N3C[C@H]4C[C@H](C3)c3cccc(=O)n3C4)CC2=O)cc1OC. The zero-order chi connectivity index (χ0) is 23.8. The number of pyridine rings is 1. The molecule has 0 unspecified atom stereocenters. The van der Waals surface area contributed by atoms with E-state index in [4.69, 9.17) is 9.47 Å². The van der Waals surface area contributed by atoms with Gasteiger partial charge < -0.3 is 23.8 Å². The first-order valence-electron chi connectivity index (χ1n) is 11.9. The zero-order valence-electron chi connectivity index (χ0n) is 19.7. The van der Waals surface area contributed by atoms with E-state index in [1.54, 1.807) is 31.3 Å². The Morgan fingerprint density at radius 2 is 1.82 bits per heavy atom. The van der Waals surface area contributed by atoms with E-state index in [0.717, 1.165) is 17.7 Å². The van der Waals surface area contributed by atoms with Gasteiger partial charge in [-0.15, -0.1) is 0 Å². The first-order valence-corrected chi connectivity index (χ1v) is 11.9. The number of carbonyl (C=O) groups is 2. The molecular weight excluding hydrogens is 434 g/mol. The molecule has 2 fully saturated rings. The highest BCUT2D eigenvalue weighted by Gasteiger charge is 2.41. The third-order valence-corrected chi connectivity index (χ3v) is 7.47. The summed E-state index contributed by atoms with van der Waals surface area (Å²) in [4.78, 5) is 42.1. The number of rotatable bonds is 6. The fourth-order valence-corrected chi connectivity index (χ4v) is 5.79. The number of carbonyl (C=O) groups excluding carboxylic acids is 2. The maximum Gasteiger partial charge on any atom is 0.250 e. The minimum absolute atomic E-state index is 0.0351. The predicted octanol–water partition coefficient (Wildman–Crippen LogP) is 1.90. The Hall–Kier alpha value is -3.29. The van der Waals surface area contributed by atoms with Crippen LogP contribution in [0.1, 0.15) is 30.0 Å². The number of ether oxygens (including phenoxy) is 2. The van der Waals surface area contributed by atoms with Gasteiger partial charge in [0.25, 0.3) is 5.56 Å². The Bertz CT molecular complexity index is 1160. The summed E-state index contributed by atoms with van der Waals surface area (Å²) < 4.78 is 12.5. The van der Waals surface area contributed by atoms with Gasteiger partial charge in [0.05, 0.1) is 20.1 Å². The molecule has 1 aromatic carbocycles. The average molecular weight is 466 g/mol. The van der Waals surface area contributed by atoms with E-state index in [9.17, 15) is 14.4 Å². The number of hydrogen-bond acceptors (Lipinski definition) is 5. The summed E-state index contributed by atoms with van der Waals surface area (Å²) in [6.07, 6.45) is 1.97. The van der Waals surface area contributed by atoms with Crippen molar-refractivity contribution in [3.63, 3.8) is 0 Å². The second-order valence-corrected chi connectivity index (χ2v) is 9.62. The van der Waals surface area contributed by atoms with Crippen molar-refractivity contribution < 1.29 is 19.1 Å². The molecule has 2 bridgehead atoms. The fourth-order valence-electron chi connectivity index (χ4n) is 5.79. The van der Waals surface area contributed by atoms with E-state index in [0.29, 0.717) is 50.6 Å². The van der Waals surface area contributed by atoms with Crippen LogP contribution >= 0.6 is 0 Å². The van der Waals surface area contributed by atoms with Crippen LogP contribution in [0.4, 0.5) is 0 Å². The maximum absolute atomic E-state index is 13.4. The molecule has 1 aromatic heterocycles. The molecule has 8 heteroatoms. The third-order valence-electron chi connectivity index (χ3n) is 7.47. The molecule has 4 heterocycles. The van der Waals surface area contributed by atoms with E-state index < -0.39 is 0 Å². The number of likely N-dealkylation sites (tertiary alicyclic amines) is 2. The highest BCUT2D eigenvalue weighted by Crippen LogP contribution is 2.36. The van der Waals surface area contributed by atoms with Crippen LogP contribution in [0.2, 0.25) is 0 Å². The Labute approximate surface area is 199 Å². The van der Waals surface area contributed by atoms with Gasteiger partial charge in [-0.05, 0) is 42.5 Å². The summed E-state index contributed by atoms with van der Waals surface area (Å²) in [5.41, 5.74) is 2.12. The van der Waals surface area contributed by atoms with Crippen molar-refractivity contribution in [2.75, 3.05) is 40.4 Å². The van der Waals surface area contributed by atoms with Crippen LogP contribution in [-0.4, -0.2) is 66.6 Å². The van der Waals surface area contributed by atoms with Gasteiger partial charge in [0.2, 0.25) is 11.8 Å². The lowest BCUT2D eigenvalue weighted by atomic mass is 9.82. The molecule has 0 N–H and O–H groups in total. The zero-order valence-corrected chi connectivity index (χ0v) is 19.7. The topological polar surface area (TPSA) is 81.1 Å². The lowest BCUT2D eigenvalue weighted by molar-refractivity contribution is -0.138. The highest BCUT2D eigenvalue weighted by molar-refractivity contribution is 5.89. The largest absolute Gasteiger partial charge is 0.493 e. The Morgan fingerprint density at radius 1 is 1.00 bits per heavy atom. The molecular formula is C26H31N3O5. The summed E-state index contributed by atoms with van der Waals surface area (Å²) in [5, 5.41) is 0. The predicted molar refractivity (Wildman–Crippen MR) is 126 cm³/mol. The third kappa shape index (κ3) is 4.17. The molecule has 3 aliphatic heterocycles. The molecule has 0 aliphatic carbocycles. The molecule has 0 radical (unpaired) electrons. The molecule has 0 saturated carbocycles. The molecule has 0 spiro atoms. The first-order chi connectivity index (χ1) is 16.5. The standard InChI is InChI=1S/C26H31N3O5/c1-33-22-7-6-17(11-23(22)34-2)8-9-27-16-20(12-25(27)31)26(32)28-13-18-10-19(15-28)21-4-3-5-24(30)29(21)14-18/h3-7,11,18-20H,8-10,12-16H2,1-2H3/t18-,19-,20-/m1/s1. The number of methoxy groups -OCH3 is 2. The van der Waals surface area contributed by atoms with Crippen molar-refractivity contribution in [2.45, 2.75) is 31.7 Å². The van der Waals surface area contributed by atoms with Crippen molar-refractivity contribution in [3.05, 3.63) is 58.0 Å². The smallest absolute Gasteiger partial charge is 0.250 e. The van der Waals surface area contributed by atoms with Crippen LogP contribution in [0.25, 0.3) is 0 Å². The van der Waals surface area contributed by atoms with Crippen LogP contribution in [0.15, 0.2) is 41.2 Å². The van der Waals surface area contributed by atoms with Crippen molar-refractivity contribution >= 4 is 11.8 Å². The molecule has 3 atom stereocenters. The van der Waals surface area contributed by atoms with Crippen molar-refractivity contribution in [3.8, 4) is 11.5 Å². The molecule has 3 aliphatic rings. The number of hydrogen-bond donors (Lipinski definition) is 0. The number of fused-ring (bicyclic) bond motifs is 4. The molecule has 5 rings (SSSR count). The van der Waals surface area contributed by atoms with E-state index in [-0.39, 0.29) is 41.5 Å². The molecule has 8 nitrogen and oxygen atoms in total. The van der Waals surface area contributed by atoms with Gasteiger partial charge in [0.1, 0.15) is 0 Å². The Kier molecular flexibility index (Phi) is 6.06. The summed E-state index contributed by atoms with van der Waals surface area (Å²) in [6, 6.07) is 11.2. The highest BCUT2D eigenvalue weighted by atomic mass is 16.5. The van der Waals surface area contributed by atoms with Crippen molar-refractivity contribution in [2.24, 2.45) is 11.8 Å². The van der Waals surface area contributed by atoms with E-state index in [1.165, 1.54) is 0 Å². The monoisotopic (exact) mass is 465 g/mol. The van der Waals surface area contributed by atoms with E-state index in [1.807, 2.05) is 33.7 Å². The second kappa shape index (κ2) is 9.16. The van der Waals surface area contributed by atoms with E-state index in [2.05, 4.69) is 0 Å². The number of nitrogens with zero attached hydrogens (tertiary/aromatic N) is 3. The summed E-state index contributed by atoms with van der Waals surface area (Å²) in [7, 11) is 3.21. The minimum atomic E-state index is -0.297. The quantitative estimate of drug-likeness (QED) is 0.651. The summed E-state index contributed by atoms with van der Waals surface area (Å²) >= 11 is 0. The molecule has 2 aromatic rings. The summed E-state index contributed by atoms with van der Waals surface area (Å²) in [6.45, 7) is 2.98. The summed E-state index contributed by atoms with van der Waals surface area (Å²) in [5.74, 6) is 1.62. The van der Waals surface area contributed by atoms with E-state index >= 15 is 0 Å².